The molecule has 0 bridgehead atoms. The Bertz CT molecular complexity index is 555. The molecule has 1 aromatic carbocycles. The molecule has 1 heterocycles. The fourth-order valence-corrected chi connectivity index (χ4v) is 2.79. The summed E-state index contributed by atoms with van der Waals surface area (Å²) in [6.45, 7) is 0. The highest BCUT2D eigenvalue weighted by molar-refractivity contribution is 9.10. The zero-order valence-corrected chi connectivity index (χ0v) is 13.4. The first-order valence-corrected chi connectivity index (χ1v) is 6.99. The number of carbonyl (C=O) groups is 2. The molecule has 0 aliphatic carbocycles. The van der Waals surface area contributed by atoms with E-state index in [0.717, 1.165) is 10.0 Å². The summed E-state index contributed by atoms with van der Waals surface area (Å²) in [5.41, 5.74) is 0.851. The van der Waals surface area contributed by atoms with E-state index in [0.29, 0.717) is 17.9 Å². The van der Waals surface area contributed by atoms with E-state index in [1.807, 2.05) is 6.07 Å². The Morgan fingerprint density at radius 3 is 2.38 bits per heavy atom. The topological polar surface area (TPSA) is 71.1 Å². The minimum Gasteiger partial charge on any atom is -0.493 e. The Labute approximate surface area is 130 Å². The van der Waals surface area contributed by atoms with Gasteiger partial charge in [-0.15, -0.1) is 0 Å². The first kappa shape index (κ1) is 15.6. The van der Waals surface area contributed by atoms with E-state index < -0.39 is 24.0 Å². The molecular formula is C14H15BrO6. The lowest BCUT2D eigenvalue weighted by Crippen LogP contribution is -2.39. The zero-order valence-electron chi connectivity index (χ0n) is 11.8. The van der Waals surface area contributed by atoms with E-state index in [-0.39, 0.29) is 0 Å². The lowest BCUT2D eigenvalue weighted by Gasteiger charge is -2.19. The maximum absolute atomic E-state index is 11.8. The fourth-order valence-electron chi connectivity index (χ4n) is 2.31. The van der Waals surface area contributed by atoms with E-state index in [1.54, 1.807) is 6.07 Å². The van der Waals surface area contributed by atoms with Gasteiger partial charge >= 0.3 is 11.9 Å². The molecule has 0 saturated carbocycles. The van der Waals surface area contributed by atoms with Crippen molar-refractivity contribution in [1.82, 2.24) is 0 Å². The van der Waals surface area contributed by atoms with Crippen LogP contribution in [0.2, 0.25) is 0 Å². The molecule has 1 aromatic rings. The molecule has 1 aliphatic rings. The van der Waals surface area contributed by atoms with Crippen molar-refractivity contribution in [2.24, 2.45) is 5.92 Å². The van der Waals surface area contributed by atoms with Crippen molar-refractivity contribution in [3.63, 3.8) is 0 Å². The Balaban J connectivity index is 2.32. The number of methoxy groups -OCH3 is 3. The molecule has 1 unspecified atom stereocenters. The summed E-state index contributed by atoms with van der Waals surface area (Å²) in [5, 5.41) is 0. The molecule has 0 N–H and O–H groups in total. The normalized spacial score (nSPS) is 16.1. The number of hydrogen-bond acceptors (Lipinski definition) is 6. The molecule has 0 saturated heterocycles. The Kier molecular flexibility index (Phi) is 4.72. The van der Waals surface area contributed by atoms with Crippen LogP contribution < -0.4 is 9.47 Å². The van der Waals surface area contributed by atoms with Crippen molar-refractivity contribution in [3.05, 3.63) is 22.2 Å². The van der Waals surface area contributed by atoms with Gasteiger partial charge in [-0.25, -0.2) is 0 Å². The van der Waals surface area contributed by atoms with Crippen molar-refractivity contribution < 1.29 is 28.5 Å². The highest BCUT2D eigenvalue weighted by Crippen LogP contribution is 2.42. The predicted octanol–water partition coefficient (Wildman–Crippen LogP) is 1.72. The second kappa shape index (κ2) is 6.34. The number of fused-ring (bicyclic) bond motifs is 1. The second-order valence-electron chi connectivity index (χ2n) is 4.48. The van der Waals surface area contributed by atoms with Gasteiger partial charge in [-0.05, 0) is 12.1 Å². The van der Waals surface area contributed by atoms with Crippen LogP contribution in [0.1, 0.15) is 5.56 Å². The third kappa shape index (κ3) is 2.97. The summed E-state index contributed by atoms with van der Waals surface area (Å²) >= 11 is 3.38. The summed E-state index contributed by atoms with van der Waals surface area (Å²) < 4.78 is 21.2. The molecule has 0 aromatic heterocycles. The van der Waals surface area contributed by atoms with Gasteiger partial charge in [0.1, 0.15) is 6.10 Å². The van der Waals surface area contributed by atoms with Crippen LogP contribution in [0.25, 0.3) is 0 Å². The van der Waals surface area contributed by atoms with E-state index in [9.17, 15) is 9.59 Å². The van der Waals surface area contributed by atoms with Crippen molar-refractivity contribution in [1.29, 1.82) is 0 Å². The summed E-state index contributed by atoms with van der Waals surface area (Å²) in [7, 11) is 3.96. The van der Waals surface area contributed by atoms with Crippen LogP contribution in [0.5, 0.6) is 11.5 Å². The molecule has 21 heavy (non-hydrogen) atoms. The molecular weight excluding hydrogens is 344 g/mol. The van der Waals surface area contributed by atoms with Crippen LogP contribution in [0.15, 0.2) is 16.6 Å². The number of esters is 2. The first-order chi connectivity index (χ1) is 10.0. The lowest BCUT2D eigenvalue weighted by molar-refractivity contribution is -0.162. The zero-order chi connectivity index (χ0) is 15.6. The molecule has 1 atom stereocenters. The van der Waals surface area contributed by atoms with Crippen LogP contribution in [0, 0.1) is 5.92 Å². The Hall–Kier alpha value is -1.76. The predicted molar refractivity (Wildman–Crippen MR) is 76.3 cm³/mol. The van der Waals surface area contributed by atoms with Crippen LogP contribution in [-0.2, 0) is 25.5 Å². The van der Waals surface area contributed by atoms with E-state index in [4.69, 9.17) is 9.47 Å². The molecule has 7 heteroatoms. The quantitative estimate of drug-likeness (QED) is 0.602. The third-order valence-electron chi connectivity index (χ3n) is 3.29. The van der Waals surface area contributed by atoms with Crippen LogP contribution in [0.3, 0.4) is 0 Å². The number of benzene rings is 1. The smallest absolute Gasteiger partial charge is 0.323 e. The largest absolute Gasteiger partial charge is 0.493 e. The van der Waals surface area contributed by atoms with Crippen molar-refractivity contribution in [3.8, 4) is 11.5 Å². The third-order valence-corrected chi connectivity index (χ3v) is 3.75. The van der Waals surface area contributed by atoms with Crippen LogP contribution in [-0.4, -0.2) is 39.4 Å². The van der Waals surface area contributed by atoms with Gasteiger partial charge < -0.3 is 18.9 Å². The van der Waals surface area contributed by atoms with Gasteiger partial charge in [0.05, 0.1) is 21.3 Å². The fraction of sp³-hybridized carbons (Fsp3) is 0.429. The molecule has 0 radical (unpaired) electrons. The first-order valence-electron chi connectivity index (χ1n) is 6.20. The summed E-state index contributed by atoms with van der Waals surface area (Å²) in [5.74, 6) is -1.43. The Morgan fingerprint density at radius 2 is 1.86 bits per heavy atom. The number of carbonyl (C=O) groups excluding carboxylic acids is 2. The van der Waals surface area contributed by atoms with Gasteiger partial charge in [0.15, 0.2) is 17.4 Å². The molecule has 0 amide bonds. The van der Waals surface area contributed by atoms with Gasteiger partial charge in [-0.1, -0.05) is 15.9 Å². The Morgan fingerprint density at radius 1 is 1.24 bits per heavy atom. The van der Waals surface area contributed by atoms with Crippen molar-refractivity contribution in [2.45, 2.75) is 12.5 Å². The van der Waals surface area contributed by atoms with Gasteiger partial charge in [0.25, 0.3) is 0 Å². The SMILES string of the molecule is COC(=O)C(C(=O)OC)C1Cc2cc(Br)cc(OC)c2O1. The van der Waals surface area contributed by atoms with E-state index in [2.05, 4.69) is 25.4 Å². The van der Waals surface area contributed by atoms with Gasteiger partial charge in [-0.3, -0.25) is 9.59 Å². The van der Waals surface area contributed by atoms with Gasteiger partial charge in [-0.2, -0.15) is 0 Å². The molecule has 0 fully saturated rings. The van der Waals surface area contributed by atoms with Gasteiger partial charge in [0, 0.05) is 16.5 Å². The van der Waals surface area contributed by atoms with Crippen LogP contribution >= 0.6 is 15.9 Å². The van der Waals surface area contributed by atoms with E-state index in [1.165, 1.54) is 21.3 Å². The average molecular weight is 359 g/mol. The maximum atomic E-state index is 11.8. The average Bonchev–Trinajstić information content (AvgIpc) is 2.88. The minimum atomic E-state index is -1.13. The van der Waals surface area contributed by atoms with Crippen molar-refractivity contribution >= 4 is 27.9 Å². The molecule has 2 rings (SSSR count). The number of hydrogen-bond donors (Lipinski definition) is 0. The molecule has 6 nitrogen and oxygen atoms in total. The highest BCUT2D eigenvalue weighted by Gasteiger charge is 2.42. The number of halogens is 1. The molecule has 0 spiro atoms. The summed E-state index contributed by atoms with van der Waals surface area (Å²) in [4.78, 5) is 23.7. The van der Waals surface area contributed by atoms with E-state index >= 15 is 0 Å². The molecule has 114 valence electrons. The lowest BCUT2D eigenvalue weighted by atomic mass is 9.98. The standard InChI is InChI=1S/C14H15BrO6/c1-18-10-6-8(15)4-7-5-9(21-12(7)10)11(13(16)19-2)14(17)20-3/h4,6,9,11H,5H2,1-3H3. The minimum absolute atomic E-state index is 0.389. The summed E-state index contributed by atoms with van der Waals surface area (Å²) in [6, 6.07) is 3.62. The van der Waals surface area contributed by atoms with Gasteiger partial charge in [0.2, 0.25) is 0 Å². The highest BCUT2D eigenvalue weighted by atomic mass is 79.9. The van der Waals surface area contributed by atoms with Crippen LogP contribution in [0.4, 0.5) is 0 Å². The second-order valence-corrected chi connectivity index (χ2v) is 5.40. The summed E-state index contributed by atoms with van der Waals surface area (Å²) in [6.07, 6.45) is -0.289. The number of rotatable bonds is 4. The monoisotopic (exact) mass is 358 g/mol. The van der Waals surface area contributed by atoms with Crippen molar-refractivity contribution in [2.75, 3.05) is 21.3 Å². The molecule has 1 aliphatic heterocycles. The maximum Gasteiger partial charge on any atom is 0.323 e. The number of ether oxygens (including phenoxy) is 4.